The van der Waals surface area contributed by atoms with Gasteiger partial charge in [-0.15, -0.1) is 0 Å². The molecule has 0 saturated carbocycles. The number of carbonyl (C=O) groups is 1. The highest BCUT2D eigenvalue weighted by Gasteiger charge is 2.39. The Bertz CT molecular complexity index is 364. The summed E-state index contributed by atoms with van der Waals surface area (Å²) in [5.74, 6) is -1.08. The van der Waals surface area contributed by atoms with Crippen molar-refractivity contribution >= 4 is 5.97 Å². The van der Waals surface area contributed by atoms with Crippen LogP contribution < -0.4 is 0 Å². The van der Waals surface area contributed by atoms with Crippen LogP contribution in [-0.4, -0.2) is 33.5 Å². The summed E-state index contributed by atoms with van der Waals surface area (Å²) in [6, 6.07) is 0. The van der Waals surface area contributed by atoms with E-state index in [9.17, 15) is 9.90 Å². The van der Waals surface area contributed by atoms with Gasteiger partial charge in [-0.25, -0.2) is 24.3 Å². The molecule has 0 rings (SSSR count). The zero-order chi connectivity index (χ0) is 17.8. The molecule has 0 bridgehead atoms. The third-order valence-electron chi connectivity index (χ3n) is 2.65. The quantitative estimate of drug-likeness (QED) is 0.540. The fourth-order valence-corrected chi connectivity index (χ4v) is 1.22. The maximum Gasteiger partial charge on any atom is 0.339 e. The molecule has 0 aromatic rings. The molecule has 132 valence electrons. The lowest BCUT2D eigenvalue weighted by Crippen LogP contribution is -2.43. The molecular weight excluding hydrogens is 288 g/mol. The molecular formula is C16H32O6. The number of rotatable bonds is 8. The van der Waals surface area contributed by atoms with E-state index in [2.05, 4.69) is 0 Å². The van der Waals surface area contributed by atoms with Crippen LogP contribution in [0.2, 0.25) is 0 Å². The van der Waals surface area contributed by atoms with Crippen LogP contribution in [0.3, 0.4) is 0 Å². The topological polar surface area (TPSA) is 74.2 Å². The van der Waals surface area contributed by atoms with E-state index in [0.717, 1.165) is 0 Å². The Labute approximate surface area is 133 Å². The van der Waals surface area contributed by atoms with Crippen molar-refractivity contribution in [3.8, 4) is 0 Å². The zero-order valence-corrected chi connectivity index (χ0v) is 15.4. The maximum absolute atomic E-state index is 11.5. The van der Waals surface area contributed by atoms with Crippen LogP contribution in [-0.2, 0) is 24.3 Å². The number of hydrogen-bond acceptors (Lipinski definition) is 5. The molecule has 6 heteroatoms. The first-order valence-electron chi connectivity index (χ1n) is 7.53. The second-order valence-corrected chi connectivity index (χ2v) is 8.35. The van der Waals surface area contributed by atoms with Crippen LogP contribution in [0.1, 0.15) is 75.2 Å². The summed E-state index contributed by atoms with van der Waals surface area (Å²) < 4.78 is 0. The van der Waals surface area contributed by atoms with Crippen molar-refractivity contribution in [3.63, 3.8) is 0 Å². The van der Waals surface area contributed by atoms with Crippen molar-refractivity contribution < 1.29 is 29.5 Å². The molecule has 0 saturated heterocycles. The molecule has 0 amide bonds. The van der Waals surface area contributed by atoms with Crippen LogP contribution >= 0.6 is 0 Å². The SMILES string of the molecule is CC(C)(C)OOC(C)(C)CCC(C)(OOC(C)(C)C)C(=O)O. The second-order valence-electron chi connectivity index (χ2n) is 8.35. The van der Waals surface area contributed by atoms with E-state index in [1.165, 1.54) is 6.92 Å². The molecule has 1 atom stereocenters. The summed E-state index contributed by atoms with van der Waals surface area (Å²) in [5.41, 5.74) is -3.11. The monoisotopic (exact) mass is 320 g/mol. The standard InChI is InChI=1S/C16H32O6/c1-13(2,3)19-21-15(7,8)10-11-16(9,12(17)18)22-20-14(4,5)6/h10-11H2,1-9H3,(H,17,18). The first-order chi connectivity index (χ1) is 9.56. The zero-order valence-electron chi connectivity index (χ0n) is 15.4. The fourth-order valence-electron chi connectivity index (χ4n) is 1.22. The Balaban J connectivity index is 4.66. The van der Waals surface area contributed by atoms with E-state index in [4.69, 9.17) is 19.6 Å². The fraction of sp³-hybridized carbons (Fsp3) is 0.938. The molecule has 0 aromatic carbocycles. The molecule has 1 N–H and O–H groups in total. The number of aliphatic carboxylic acids is 1. The highest BCUT2D eigenvalue weighted by atomic mass is 17.2. The van der Waals surface area contributed by atoms with Crippen LogP contribution in [0.25, 0.3) is 0 Å². The van der Waals surface area contributed by atoms with Crippen molar-refractivity contribution in [1.82, 2.24) is 0 Å². The summed E-state index contributed by atoms with van der Waals surface area (Å²) in [4.78, 5) is 32.6. The van der Waals surface area contributed by atoms with Crippen LogP contribution in [0.15, 0.2) is 0 Å². The van der Waals surface area contributed by atoms with E-state index in [1.807, 2.05) is 34.6 Å². The summed E-state index contributed by atoms with van der Waals surface area (Å²) in [6.07, 6.45) is 0.651. The molecule has 0 heterocycles. The summed E-state index contributed by atoms with van der Waals surface area (Å²) in [5, 5.41) is 9.41. The van der Waals surface area contributed by atoms with Gasteiger partial charge >= 0.3 is 5.97 Å². The average molecular weight is 320 g/mol. The van der Waals surface area contributed by atoms with E-state index in [1.54, 1.807) is 20.8 Å². The summed E-state index contributed by atoms with van der Waals surface area (Å²) in [7, 11) is 0. The van der Waals surface area contributed by atoms with Gasteiger partial charge in [0.1, 0.15) is 0 Å². The van der Waals surface area contributed by atoms with Gasteiger partial charge in [0.05, 0.1) is 16.8 Å². The number of carboxylic acids is 1. The Morgan fingerprint density at radius 1 is 0.727 bits per heavy atom. The third-order valence-corrected chi connectivity index (χ3v) is 2.65. The van der Waals surface area contributed by atoms with Gasteiger partial charge in [0.15, 0.2) is 5.60 Å². The minimum absolute atomic E-state index is 0.221. The minimum Gasteiger partial charge on any atom is -0.479 e. The molecule has 0 aliphatic carbocycles. The van der Waals surface area contributed by atoms with Gasteiger partial charge in [-0.1, -0.05) is 0 Å². The van der Waals surface area contributed by atoms with Crippen LogP contribution in [0.4, 0.5) is 0 Å². The largest absolute Gasteiger partial charge is 0.479 e. The van der Waals surface area contributed by atoms with Gasteiger partial charge < -0.3 is 5.11 Å². The predicted octanol–water partition coefficient (Wildman–Crippen LogP) is 3.88. The van der Waals surface area contributed by atoms with Gasteiger partial charge in [-0.2, -0.15) is 0 Å². The van der Waals surface area contributed by atoms with Crippen molar-refractivity contribution in [3.05, 3.63) is 0 Å². The highest BCUT2D eigenvalue weighted by molar-refractivity contribution is 5.76. The molecule has 6 nitrogen and oxygen atoms in total. The molecule has 0 spiro atoms. The minimum atomic E-state index is -1.45. The number of carboxylic acid groups (broad SMARTS) is 1. The first kappa shape index (κ1) is 21.3. The van der Waals surface area contributed by atoms with Crippen molar-refractivity contribution in [1.29, 1.82) is 0 Å². The van der Waals surface area contributed by atoms with Crippen molar-refractivity contribution in [2.24, 2.45) is 0 Å². The first-order valence-corrected chi connectivity index (χ1v) is 7.53. The van der Waals surface area contributed by atoms with E-state index < -0.39 is 28.4 Å². The molecule has 0 aliphatic rings. The van der Waals surface area contributed by atoms with Crippen molar-refractivity contribution in [2.75, 3.05) is 0 Å². The van der Waals surface area contributed by atoms with Gasteiger partial charge in [-0.3, -0.25) is 0 Å². The predicted molar refractivity (Wildman–Crippen MR) is 83.2 cm³/mol. The van der Waals surface area contributed by atoms with E-state index in [-0.39, 0.29) is 6.42 Å². The average Bonchev–Trinajstić information content (AvgIpc) is 2.30. The lowest BCUT2D eigenvalue weighted by atomic mass is 9.93. The van der Waals surface area contributed by atoms with Gasteiger partial charge in [-0.05, 0) is 75.2 Å². The Kier molecular flexibility index (Phi) is 7.03. The van der Waals surface area contributed by atoms with Crippen LogP contribution in [0.5, 0.6) is 0 Å². The van der Waals surface area contributed by atoms with Gasteiger partial charge in [0.2, 0.25) is 0 Å². The number of hydrogen-bond donors (Lipinski definition) is 1. The van der Waals surface area contributed by atoms with Gasteiger partial charge in [0.25, 0.3) is 0 Å². The second kappa shape index (κ2) is 7.25. The third kappa shape index (κ3) is 9.35. The smallest absolute Gasteiger partial charge is 0.339 e. The molecule has 1 unspecified atom stereocenters. The molecule has 0 radical (unpaired) electrons. The lowest BCUT2D eigenvalue weighted by Gasteiger charge is -2.32. The normalized spacial score (nSPS) is 16.4. The Morgan fingerprint density at radius 3 is 1.50 bits per heavy atom. The lowest BCUT2D eigenvalue weighted by molar-refractivity contribution is -0.408. The van der Waals surface area contributed by atoms with Crippen molar-refractivity contribution in [2.45, 2.75) is 97.6 Å². The van der Waals surface area contributed by atoms with E-state index in [0.29, 0.717) is 6.42 Å². The molecule has 0 fully saturated rings. The summed E-state index contributed by atoms with van der Waals surface area (Å²) >= 11 is 0. The summed E-state index contributed by atoms with van der Waals surface area (Å²) in [6.45, 7) is 16.2. The molecule has 0 aromatic heterocycles. The maximum atomic E-state index is 11.5. The van der Waals surface area contributed by atoms with E-state index >= 15 is 0 Å². The molecule has 22 heavy (non-hydrogen) atoms. The van der Waals surface area contributed by atoms with Crippen LogP contribution in [0, 0.1) is 0 Å². The Hall–Kier alpha value is -0.690. The van der Waals surface area contributed by atoms with Gasteiger partial charge in [0, 0.05) is 0 Å². The Morgan fingerprint density at radius 2 is 1.14 bits per heavy atom. The highest BCUT2D eigenvalue weighted by Crippen LogP contribution is 2.28. The molecule has 0 aliphatic heterocycles.